The van der Waals surface area contributed by atoms with E-state index in [1.54, 1.807) is 6.08 Å². The van der Waals surface area contributed by atoms with Gasteiger partial charge >= 0.3 is 0 Å². The Balaban J connectivity index is 2.27. The Hall–Kier alpha value is -0.0700. The molecule has 1 aliphatic heterocycles. The number of hydrogen-bond acceptors (Lipinski definition) is 3. The van der Waals surface area contributed by atoms with Crippen LogP contribution in [0.5, 0.6) is 0 Å². The standard InChI is InChI=1S/C7H9NS2/c8-4-1-3-7-9-5-2-6-10-7/h1,3,7H,2,5-6H2/b3-1+. The van der Waals surface area contributed by atoms with Crippen LogP contribution < -0.4 is 0 Å². The van der Waals surface area contributed by atoms with Gasteiger partial charge in [0.1, 0.15) is 0 Å². The molecule has 0 aromatic heterocycles. The van der Waals surface area contributed by atoms with Gasteiger partial charge in [-0.1, -0.05) is 6.08 Å². The van der Waals surface area contributed by atoms with Crippen molar-refractivity contribution in [3.05, 3.63) is 12.2 Å². The molecule has 1 saturated heterocycles. The fourth-order valence-electron chi connectivity index (χ4n) is 0.739. The van der Waals surface area contributed by atoms with E-state index >= 15 is 0 Å². The molecule has 1 fully saturated rings. The molecule has 54 valence electrons. The molecule has 0 bridgehead atoms. The van der Waals surface area contributed by atoms with Crippen LogP contribution in [0.15, 0.2) is 12.2 Å². The number of nitriles is 1. The first-order valence-corrected chi connectivity index (χ1v) is 5.33. The molecule has 0 unspecified atom stereocenters. The summed E-state index contributed by atoms with van der Waals surface area (Å²) in [4.78, 5) is 0. The van der Waals surface area contributed by atoms with Crippen LogP contribution in [-0.4, -0.2) is 16.1 Å². The average Bonchev–Trinajstić information content (AvgIpc) is 2.03. The van der Waals surface area contributed by atoms with E-state index in [1.165, 1.54) is 17.9 Å². The van der Waals surface area contributed by atoms with Crippen molar-refractivity contribution in [2.45, 2.75) is 11.0 Å². The van der Waals surface area contributed by atoms with Crippen LogP contribution in [0, 0.1) is 11.3 Å². The molecule has 10 heavy (non-hydrogen) atoms. The number of allylic oxidation sites excluding steroid dienone is 1. The second-order valence-electron chi connectivity index (χ2n) is 1.95. The highest BCUT2D eigenvalue weighted by Crippen LogP contribution is 2.30. The van der Waals surface area contributed by atoms with Gasteiger partial charge in [-0.15, -0.1) is 23.5 Å². The molecular formula is C7H9NS2. The number of rotatable bonds is 1. The Morgan fingerprint density at radius 2 is 2.10 bits per heavy atom. The molecule has 1 rings (SSSR count). The molecule has 1 heterocycles. The van der Waals surface area contributed by atoms with E-state index in [4.69, 9.17) is 5.26 Å². The van der Waals surface area contributed by atoms with Crippen molar-refractivity contribution in [2.75, 3.05) is 11.5 Å². The lowest BCUT2D eigenvalue weighted by Crippen LogP contribution is -2.02. The zero-order chi connectivity index (χ0) is 7.23. The smallest absolute Gasteiger partial charge is 0.0909 e. The highest BCUT2D eigenvalue weighted by molar-refractivity contribution is 8.17. The zero-order valence-electron chi connectivity index (χ0n) is 5.62. The summed E-state index contributed by atoms with van der Waals surface area (Å²) in [7, 11) is 0. The molecule has 0 N–H and O–H groups in total. The maximum Gasteiger partial charge on any atom is 0.0909 e. The van der Waals surface area contributed by atoms with Crippen molar-refractivity contribution in [3.63, 3.8) is 0 Å². The van der Waals surface area contributed by atoms with Crippen LogP contribution in [0.4, 0.5) is 0 Å². The fourth-order valence-corrected chi connectivity index (χ4v) is 3.35. The Kier molecular flexibility index (Phi) is 3.77. The van der Waals surface area contributed by atoms with Crippen LogP contribution >= 0.6 is 23.5 Å². The second kappa shape index (κ2) is 4.70. The highest BCUT2D eigenvalue weighted by Gasteiger charge is 2.09. The summed E-state index contributed by atoms with van der Waals surface area (Å²) >= 11 is 3.86. The van der Waals surface area contributed by atoms with Crippen LogP contribution in [-0.2, 0) is 0 Å². The monoisotopic (exact) mass is 171 g/mol. The van der Waals surface area contributed by atoms with Gasteiger partial charge in [-0.05, 0) is 17.9 Å². The van der Waals surface area contributed by atoms with Crippen molar-refractivity contribution in [1.82, 2.24) is 0 Å². The van der Waals surface area contributed by atoms with E-state index in [0.717, 1.165) is 0 Å². The van der Waals surface area contributed by atoms with Gasteiger partial charge < -0.3 is 0 Å². The Morgan fingerprint density at radius 1 is 1.40 bits per heavy atom. The second-order valence-corrected chi connectivity index (χ2v) is 4.75. The minimum Gasteiger partial charge on any atom is -0.193 e. The largest absolute Gasteiger partial charge is 0.193 e. The van der Waals surface area contributed by atoms with Crippen LogP contribution in [0.1, 0.15) is 6.42 Å². The zero-order valence-corrected chi connectivity index (χ0v) is 7.25. The molecule has 3 heteroatoms. The molecular weight excluding hydrogens is 162 g/mol. The Bertz CT molecular complexity index is 153. The molecule has 0 aromatic rings. The number of hydrogen-bond donors (Lipinski definition) is 0. The first kappa shape index (κ1) is 8.03. The molecule has 0 radical (unpaired) electrons. The summed E-state index contributed by atoms with van der Waals surface area (Å²) in [6.07, 6.45) is 4.87. The van der Waals surface area contributed by atoms with Gasteiger partial charge in [0, 0.05) is 6.08 Å². The lowest BCUT2D eigenvalue weighted by Gasteiger charge is -2.16. The topological polar surface area (TPSA) is 23.8 Å². The van der Waals surface area contributed by atoms with Crippen molar-refractivity contribution < 1.29 is 0 Å². The minimum absolute atomic E-state index is 0.536. The van der Waals surface area contributed by atoms with Crippen molar-refractivity contribution in [1.29, 1.82) is 5.26 Å². The number of nitrogens with zero attached hydrogens (tertiary/aromatic N) is 1. The van der Waals surface area contributed by atoms with Gasteiger partial charge in [-0.3, -0.25) is 0 Å². The van der Waals surface area contributed by atoms with Gasteiger partial charge in [0.05, 0.1) is 10.7 Å². The third-order valence-electron chi connectivity index (χ3n) is 1.18. The van der Waals surface area contributed by atoms with Gasteiger partial charge in [0.25, 0.3) is 0 Å². The molecule has 0 saturated carbocycles. The SMILES string of the molecule is N#C/C=C/C1SCCCS1. The average molecular weight is 171 g/mol. The highest BCUT2D eigenvalue weighted by atomic mass is 32.2. The molecule has 0 aliphatic carbocycles. The summed E-state index contributed by atoms with van der Waals surface area (Å²) in [5.74, 6) is 2.49. The molecule has 0 atom stereocenters. The first-order chi connectivity index (χ1) is 4.93. The summed E-state index contributed by atoms with van der Waals surface area (Å²) in [5.41, 5.74) is 0. The molecule has 1 aliphatic rings. The van der Waals surface area contributed by atoms with E-state index in [2.05, 4.69) is 0 Å². The molecule has 0 aromatic carbocycles. The van der Waals surface area contributed by atoms with E-state index in [-0.39, 0.29) is 0 Å². The summed E-state index contributed by atoms with van der Waals surface area (Å²) < 4.78 is 0.536. The van der Waals surface area contributed by atoms with Crippen LogP contribution in [0.3, 0.4) is 0 Å². The predicted molar refractivity (Wildman–Crippen MR) is 48.1 cm³/mol. The summed E-state index contributed by atoms with van der Waals surface area (Å²) in [6, 6.07) is 2.01. The maximum atomic E-state index is 8.24. The van der Waals surface area contributed by atoms with Gasteiger partial charge in [0.2, 0.25) is 0 Å². The first-order valence-electron chi connectivity index (χ1n) is 3.23. The van der Waals surface area contributed by atoms with E-state index in [0.29, 0.717) is 4.58 Å². The normalized spacial score (nSPS) is 21.1. The van der Waals surface area contributed by atoms with Crippen molar-refractivity contribution in [3.8, 4) is 6.07 Å². The Morgan fingerprint density at radius 3 is 2.70 bits per heavy atom. The van der Waals surface area contributed by atoms with Gasteiger partial charge in [-0.2, -0.15) is 5.26 Å². The van der Waals surface area contributed by atoms with Crippen LogP contribution in [0.25, 0.3) is 0 Å². The van der Waals surface area contributed by atoms with Gasteiger partial charge in [-0.25, -0.2) is 0 Å². The predicted octanol–water partition coefficient (Wildman–Crippen LogP) is 2.26. The molecule has 0 amide bonds. The minimum atomic E-state index is 0.536. The lowest BCUT2D eigenvalue weighted by atomic mass is 10.5. The maximum absolute atomic E-state index is 8.24. The summed E-state index contributed by atoms with van der Waals surface area (Å²) in [6.45, 7) is 0. The number of thioether (sulfide) groups is 2. The summed E-state index contributed by atoms with van der Waals surface area (Å²) in [5, 5.41) is 8.24. The Labute approximate surface area is 69.9 Å². The molecule has 0 spiro atoms. The van der Waals surface area contributed by atoms with Crippen molar-refractivity contribution in [2.24, 2.45) is 0 Å². The fraction of sp³-hybridized carbons (Fsp3) is 0.571. The van der Waals surface area contributed by atoms with Crippen molar-refractivity contribution >= 4 is 23.5 Å². The van der Waals surface area contributed by atoms with E-state index in [1.807, 2.05) is 35.7 Å². The van der Waals surface area contributed by atoms with E-state index < -0.39 is 0 Å². The van der Waals surface area contributed by atoms with Gasteiger partial charge in [0.15, 0.2) is 0 Å². The van der Waals surface area contributed by atoms with Crippen LogP contribution in [0.2, 0.25) is 0 Å². The molecule has 1 nitrogen and oxygen atoms in total. The quantitative estimate of drug-likeness (QED) is 0.565. The lowest BCUT2D eigenvalue weighted by molar-refractivity contribution is 1.11. The third-order valence-corrected chi connectivity index (χ3v) is 4.02. The van der Waals surface area contributed by atoms with E-state index in [9.17, 15) is 0 Å². The third kappa shape index (κ3) is 2.68.